The molecule has 0 amide bonds. The van der Waals surface area contributed by atoms with E-state index in [1.165, 1.54) is 0 Å². The molecule has 0 N–H and O–H groups in total. The molecule has 37 heavy (non-hydrogen) atoms. The third-order valence-electron chi connectivity index (χ3n) is 6.81. The van der Waals surface area contributed by atoms with E-state index in [1.54, 1.807) is 10.8 Å². The minimum atomic E-state index is 0.541. The van der Waals surface area contributed by atoms with Crippen LogP contribution in [-0.4, -0.2) is 24.1 Å². The van der Waals surface area contributed by atoms with E-state index in [-0.39, 0.29) is 0 Å². The molecule has 0 aliphatic rings. The minimum absolute atomic E-state index is 0.541. The summed E-state index contributed by atoms with van der Waals surface area (Å²) in [6.07, 6.45) is 1.68. The van der Waals surface area contributed by atoms with Crippen LogP contribution in [0.3, 0.4) is 0 Å². The number of rotatable bonds is 4. The molecule has 0 aliphatic heterocycles. The fourth-order valence-electron chi connectivity index (χ4n) is 5.15. The Balaban J connectivity index is 1.48. The Morgan fingerprint density at radius 1 is 0.757 bits per heavy atom. The van der Waals surface area contributed by atoms with Crippen LogP contribution in [0, 0.1) is 13.8 Å². The number of furan rings is 1. The average molecular weight is 482 g/mol. The topological polar surface area (TPSA) is 61.1 Å². The van der Waals surface area contributed by atoms with Crippen LogP contribution in [0.2, 0.25) is 0 Å². The summed E-state index contributed by atoms with van der Waals surface area (Å²) in [7, 11) is 0. The minimum Gasteiger partial charge on any atom is -0.437 e. The predicted octanol–water partition coefficient (Wildman–Crippen LogP) is 7.28. The predicted molar refractivity (Wildman–Crippen MR) is 146 cm³/mol. The fraction of sp³-hybridized carbons (Fsp3) is 0.0645. The van der Waals surface area contributed by atoms with E-state index >= 15 is 0 Å². The third-order valence-corrected chi connectivity index (χ3v) is 6.81. The highest BCUT2D eigenvalue weighted by molar-refractivity contribution is 6.07. The number of hydrogen-bond acceptors (Lipinski definition) is 4. The van der Waals surface area contributed by atoms with Gasteiger partial charge in [0.1, 0.15) is 12.1 Å². The number of benzene rings is 3. The lowest BCUT2D eigenvalue weighted by Gasteiger charge is -2.09. The lowest BCUT2D eigenvalue weighted by molar-refractivity contribution is 0.617. The molecule has 0 atom stereocenters. The Morgan fingerprint density at radius 2 is 1.41 bits per heavy atom. The Hall–Kier alpha value is -4.97. The molecule has 0 spiro atoms. The monoisotopic (exact) mass is 481 g/mol. The molecule has 0 radical (unpaired) electrons. The SMILES string of the molecule is Cc1cc(-c2nc3c4c(-c5ccccc5)c(-c5ccccc5)oc4ncn3n2)c(C)n1-c1ccccc1. The summed E-state index contributed by atoms with van der Waals surface area (Å²) in [5.74, 6) is 1.43. The van der Waals surface area contributed by atoms with Crippen LogP contribution < -0.4 is 0 Å². The number of aromatic nitrogens is 5. The Labute approximate surface area is 213 Å². The summed E-state index contributed by atoms with van der Waals surface area (Å²) < 4.78 is 10.4. The molecule has 0 aliphatic carbocycles. The first kappa shape index (κ1) is 21.3. The second-order valence-electron chi connectivity index (χ2n) is 9.12. The van der Waals surface area contributed by atoms with Crippen molar-refractivity contribution in [3.8, 4) is 39.5 Å². The van der Waals surface area contributed by atoms with Crippen LogP contribution >= 0.6 is 0 Å². The summed E-state index contributed by atoms with van der Waals surface area (Å²) in [6.45, 7) is 4.21. The largest absolute Gasteiger partial charge is 0.437 e. The van der Waals surface area contributed by atoms with Crippen molar-refractivity contribution in [1.29, 1.82) is 0 Å². The molecule has 4 heterocycles. The first-order valence-corrected chi connectivity index (χ1v) is 12.2. The van der Waals surface area contributed by atoms with Crippen LogP contribution in [0.25, 0.3) is 56.3 Å². The molecule has 0 bridgehead atoms. The second kappa shape index (κ2) is 8.31. The lowest BCUT2D eigenvalue weighted by atomic mass is 9.99. The summed E-state index contributed by atoms with van der Waals surface area (Å²) in [5, 5.41) is 5.70. The van der Waals surface area contributed by atoms with Gasteiger partial charge in [0.15, 0.2) is 11.5 Å². The second-order valence-corrected chi connectivity index (χ2v) is 9.12. The van der Waals surface area contributed by atoms with Gasteiger partial charge in [-0.15, -0.1) is 5.10 Å². The van der Waals surface area contributed by atoms with Crippen molar-refractivity contribution in [2.24, 2.45) is 0 Å². The first-order valence-electron chi connectivity index (χ1n) is 12.2. The Kier molecular flexibility index (Phi) is 4.79. The van der Waals surface area contributed by atoms with Gasteiger partial charge in [0.05, 0.1) is 5.39 Å². The van der Waals surface area contributed by atoms with E-state index in [1.807, 2.05) is 54.6 Å². The van der Waals surface area contributed by atoms with Crippen LogP contribution in [-0.2, 0) is 0 Å². The molecule has 7 rings (SSSR count). The number of para-hydroxylation sites is 1. The zero-order valence-corrected chi connectivity index (χ0v) is 20.5. The van der Waals surface area contributed by atoms with Crippen LogP contribution in [0.5, 0.6) is 0 Å². The summed E-state index contributed by atoms with van der Waals surface area (Å²) in [6, 6.07) is 32.9. The Bertz CT molecular complexity index is 1880. The maximum absolute atomic E-state index is 6.37. The molecule has 0 unspecified atom stereocenters. The molecule has 6 heteroatoms. The molecule has 6 nitrogen and oxygen atoms in total. The molecule has 0 saturated heterocycles. The standard InChI is InChI=1S/C31H23N5O/c1-20-18-25(21(2)36(20)24-16-10-5-11-17-24)29-33-30-27-26(22-12-6-3-7-13-22)28(23-14-8-4-9-15-23)37-31(27)32-19-35(30)34-29/h3-19H,1-2H3. The molecular weight excluding hydrogens is 458 g/mol. The summed E-state index contributed by atoms with van der Waals surface area (Å²) in [4.78, 5) is 9.68. The van der Waals surface area contributed by atoms with Gasteiger partial charge in [-0.3, -0.25) is 0 Å². The molecule has 0 fully saturated rings. The highest BCUT2D eigenvalue weighted by atomic mass is 16.3. The lowest BCUT2D eigenvalue weighted by Crippen LogP contribution is -1.98. The molecule has 7 aromatic rings. The van der Waals surface area contributed by atoms with Gasteiger partial charge in [-0.05, 0) is 37.6 Å². The average Bonchev–Trinajstić information content (AvgIpc) is 3.63. The zero-order valence-electron chi connectivity index (χ0n) is 20.5. The van der Waals surface area contributed by atoms with Crippen molar-refractivity contribution in [3.05, 3.63) is 115 Å². The number of nitrogens with zero attached hydrogens (tertiary/aromatic N) is 5. The maximum atomic E-state index is 6.37. The smallest absolute Gasteiger partial charge is 0.232 e. The zero-order chi connectivity index (χ0) is 24.9. The van der Waals surface area contributed by atoms with E-state index < -0.39 is 0 Å². The van der Waals surface area contributed by atoms with Gasteiger partial charge < -0.3 is 8.98 Å². The van der Waals surface area contributed by atoms with Gasteiger partial charge in [-0.1, -0.05) is 78.9 Å². The van der Waals surface area contributed by atoms with E-state index in [0.29, 0.717) is 17.2 Å². The molecule has 4 aromatic heterocycles. The highest BCUT2D eigenvalue weighted by Crippen LogP contribution is 2.41. The van der Waals surface area contributed by atoms with E-state index in [9.17, 15) is 0 Å². The maximum Gasteiger partial charge on any atom is 0.232 e. The van der Waals surface area contributed by atoms with Gasteiger partial charge in [0, 0.05) is 33.8 Å². The van der Waals surface area contributed by atoms with Crippen molar-refractivity contribution in [1.82, 2.24) is 24.1 Å². The number of aryl methyl sites for hydroxylation is 1. The van der Waals surface area contributed by atoms with Crippen molar-refractivity contribution in [3.63, 3.8) is 0 Å². The Morgan fingerprint density at radius 3 is 2.11 bits per heavy atom. The molecule has 0 saturated carbocycles. The van der Waals surface area contributed by atoms with Gasteiger partial charge in [0.25, 0.3) is 0 Å². The van der Waals surface area contributed by atoms with Crippen molar-refractivity contribution >= 4 is 16.7 Å². The quantitative estimate of drug-likeness (QED) is 0.265. The van der Waals surface area contributed by atoms with Crippen molar-refractivity contribution < 1.29 is 4.42 Å². The van der Waals surface area contributed by atoms with Gasteiger partial charge in [-0.2, -0.15) is 0 Å². The van der Waals surface area contributed by atoms with Gasteiger partial charge >= 0.3 is 0 Å². The number of hydrogen-bond donors (Lipinski definition) is 0. The van der Waals surface area contributed by atoms with Gasteiger partial charge in [0.2, 0.25) is 5.71 Å². The van der Waals surface area contributed by atoms with Crippen LogP contribution in [0.1, 0.15) is 11.4 Å². The van der Waals surface area contributed by atoms with Crippen LogP contribution in [0.15, 0.2) is 108 Å². The van der Waals surface area contributed by atoms with Crippen molar-refractivity contribution in [2.75, 3.05) is 0 Å². The molecule has 3 aromatic carbocycles. The number of fused-ring (bicyclic) bond motifs is 3. The highest BCUT2D eigenvalue weighted by Gasteiger charge is 2.24. The summed E-state index contributed by atoms with van der Waals surface area (Å²) in [5.41, 5.74) is 8.58. The van der Waals surface area contributed by atoms with E-state index in [0.717, 1.165) is 50.5 Å². The van der Waals surface area contributed by atoms with E-state index in [2.05, 4.69) is 65.9 Å². The van der Waals surface area contributed by atoms with Crippen LogP contribution in [0.4, 0.5) is 0 Å². The normalized spacial score (nSPS) is 11.5. The van der Waals surface area contributed by atoms with Gasteiger partial charge in [-0.25, -0.2) is 14.5 Å². The van der Waals surface area contributed by atoms with Crippen molar-refractivity contribution in [2.45, 2.75) is 13.8 Å². The first-order chi connectivity index (χ1) is 18.2. The third kappa shape index (κ3) is 3.37. The van der Waals surface area contributed by atoms with E-state index in [4.69, 9.17) is 14.5 Å². The fourth-order valence-corrected chi connectivity index (χ4v) is 5.15. The summed E-state index contributed by atoms with van der Waals surface area (Å²) >= 11 is 0. The molecular formula is C31H23N5O. The molecule has 178 valence electrons.